The summed E-state index contributed by atoms with van der Waals surface area (Å²) < 4.78 is 0. The summed E-state index contributed by atoms with van der Waals surface area (Å²) in [5.41, 5.74) is 5.44. The van der Waals surface area contributed by atoms with Crippen molar-refractivity contribution in [1.29, 1.82) is 0 Å². The Morgan fingerprint density at radius 2 is 1.83 bits per heavy atom. The molecule has 0 aliphatic heterocycles. The second-order valence-corrected chi connectivity index (χ2v) is 7.49. The number of thioether (sulfide) groups is 1. The van der Waals surface area contributed by atoms with Crippen LogP contribution in [-0.4, -0.2) is 11.7 Å². The van der Waals surface area contributed by atoms with Gasteiger partial charge in [-0.1, -0.05) is 48.5 Å². The zero-order valence-electron chi connectivity index (χ0n) is 14.3. The van der Waals surface area contributed by atoms with Gasteiger partial charge in [-0.25, -0.2) is 0 Å². The first-order valence-electron chi connectivity index (χ1n) is 8.75. The largest absolute Gasteiger partial charge is 0.349 e. The van der Waals surface area contributed by atoms with Crippen LogP contribution in [0.15, 0.2) is 48.5 Å². The lowest BCUT2D eigenvalue weighted by molar-refractivity contribution is -0.119. The molecule has 1 aliphatic carbocycles. The van der Waals surface area contributed by atoms with Crippen molar-refractivity contribution in [1.82, 2.24) is 5.32 Å². The number of carbonyl (C=O) groups excluding carboxylic acids is 1. The molecule has 2 aromatic carbocycles. The maximum Gasteiger partial charge on any atom is 0.230 e. The summed E-state index contributed by atoms with van der Waals surface area (Å²) in [7, 11) is 0. The summed E-state index contributed by atoms with van der Waals surface area (Å²) >= 11 is 1.66. The molecule has 1 atom stereocenters. The van der Waals surface area contributed by atoms with Gasteiger partial charge in [-0.2, -0.15) is 0 Å². The molecule has 1 aliphatic rings. The van der Waals surface area contributed by atoms with Gasteiger partial charge in [0.15, 0.2) is 0 Å². The van der Waals surface area contributed by atoms with Gasteiger partial charge in [0.1, 0.15) is 0 Å². The smallest absolute Gasteiger partial charge is 0.230 e. The van der Waals surface area contributed by atoms with Crippen LogP contribution in [-0.2, 0) is 23.4 Å². The highest BCUT2D eigenvalue weighted by atomic mass is 32.2. The van der Waals surface area contributed by atoms with Crippen LogP contribution in [0.3, 0.4) is 0 Å². The monoisotopic (exact) mass is 339 g/mol. The van der Waals surface area contributed by atoms with Crippen LogP contribution >= 0.6 is 11.8 Å². The van der Waals surface area contributed by atoms with E-state index in [1.54, 1.807) is 11.8 Å². The zero-order chi connectivity index (χ0) is 16.8. The molecule has 1 unspecified atom stereocenters. The van der Waals surface area contributed by atoms with Crippen LogP contribution in [0.4, 0.5) is 0 Å². The Labute approximate surface area is 149 Å². The molecule has 2 aromatic rings. The molecule has 0 fully saturated rings. The van der Waals surface area contributed by atoms with Gasteiger partial charge in [0.05, 0.1) is 11.8 Å². The van der Waals surface area contributed by atoms with E-state index >= 15 is 0 Å². The van der Waals surface area contributed by atoms with Crippen LogP contribution in [0.5, 0.6) is 0 Å². The number of carbonyl (C=O) groups is 1. The van der Waals surface area contributed by atoms with Crippen molar-refractivity contribution >= 4 is 17.7 Å². The molecule has 1 amide bonds. The molecule has 0 saturated carbocycles. The van der Waals surface area contributed by atoms with E-state index in [0.29, 0.717) is 5.75 Å². The molecule has 0 saturated heterocycles. The van der Waals surface area contributed by atoms with Gasteiger partial charge in [-0.05, 0) is 54.9 Å². The normalized spacial score (nSPS) is 14.7. The number of amides is 1. The fourth-order valence-electron chi connectivity index (χ4n) is 3.23. The van der Waals surface area contributed by atoms with Crippen LogP contribution in [0.1, 0.15) is 48.1 Å². The topological polar surface area (TPSA) is 29.1 Å². The average Bonchev–Trinajstić information content (AvgIpc) is 2.62. The molecule has 1 N–H and O–H groups in total. The van der Waals surface area contributed by atoms with Crippen molar-refractivity contribution < 1.29 is 4.79 Å². The minimum Gasteiger partial charge on any atom is -0.349 e. The molecule has 3 rings (SSSR count). The lowest BCUT2D eigenvalue weighted by atomic mass is 9.89. The second kappa shape index (κ2) is 8.39. The van der Waals surface area contributed by atoms with Gasteiger partial charge in [-0.15, -0.1) is 11.8 Å². The van der Waals surface area contributed by atoms with Crippen LogP contribution in [0.25, 0.3) is 0 Å². The molecule has 24 heavy (non-hydrogen) atoms. The van der Waals surface area contributed by atoms with Crippen molar-refractivity contribution in [2.24, 2.45) is 0 Å². The van der Waals surface area contributed by atoms with Crippen molar-refractivity contribution in [3.8, 4) is 0 Å². The molecule has 0 heterocycles. The standard InChI is InChI=1S/C21H25NOS/c1-16(19-12-11-18-9-5-6-10-20(18)13-19)22-21(23)15-24-14-17-7-3-2-4-8-17/h2-4,7-8,11-13,16H,5-6,9-10,14-15H2,1H3,(H,22,23). The van der Waals surface area contributed by atoms with Crippen molar-refractivity contribution in [3.63, 3.8) is 0 Å². The SMILES string of the molecule is CC(NC(=O)CSCc1ccccc1)c1ccc2c(c1)CCCC2. The second-order valence-electron chi connectivity index (χ2n) is 6.50. The Balaban J connectivity index is 1.49. The first-order chi connectivity index (χ1) is 11.7. The third-order valence-corrected chi connectivity index (χ3v) is 5.60. The first kappa shape index (κ1) is 17.1. The van der Waals surface area contributed by atoms with Gasteiger partial charge in [0.25, 0.3) is 0 Å². The maximum absolute atomic E-state index is 12.2. The van der Waals surface area contributed by atoms with Gasteiger partial charge in [-0.3, -0.25) is 4.79 Å². The fourth-order valence-corrected chi connectivity index (χ4v) is 4.02. The summed E-state index contributed by atoms with van der Waals surface area (Å²) in [5.74, 6) is 1.49. The highest BCUT2D eigenvalue weighted by molar-refractivity contribution is 7.99. The summed E-state index contributed by atoms with van der Waals surface area (Å²) in [6.07, 6.45) is 4.97. The van der Waals surface area contributed by atoms with Crippen molar-refractivity contribution in [3.05, 3.63) is 70.8 Å². The highest BCUT2D eigenvalue weighted by Crippen LogP contribution is 2.24. The van der Waals surface area contributed by atoms with E-state index in [2.05, 4.69) is 42.6 Å². The minimum absolute atomic E-state index is 0.0713. The number of rotatable bonds is 6. The van der Waals surface area contributed by atoms with Crippen molar-refractivity contribution in [2.75, 3.05) is 5.75 Å². The fraction of sp³-hybridized carbons (Fsp3) is 0.381. The third kappa shape index (κ3) is 4.64. The van der Waals surface area contributed by atoms with Crippen molar-refractivity contribution in [2.45, 2.75) is 44.4 Å². The quantitative estimate of drug-likeness (QED) is 0.828. The Bertz CT molecular complexity index is 683. The average molecular weight is 340 g/mol. The van der Waals surface area contributed by atoms with Crippen LogP contribution in [0.2, 0.25) is 0 Å². The Morgan fingerprint density at radius 1 is 1.08 bits per heavy atom. The molecule has 3 heteroatoms. The lowest BCUT2D eigenvalue weighted by Crippen LogP contribution is -2.28. The predicted molar refractivity (Wildman–Crippen MR) is 102 cm³/mol. The predicted octanol–water partition coefficient (Wildman–Crippen LogP) is 4.68. The summed E-state index contributed by atoms with van der Waals surface area (Å²) in [6, 6.07) is 17.1. The highest BCUT2D eigenvalue weighted by Gasteiger charge is 2.14. The Hall–Kier alpha value is -1.74. The number of fused-ring (bicyclic) bond motifs is 1. The van der Waals surface area contributed by atoms with Gasteiger partial charge in [0.2, 0.25) is 5.91 Å². The van der Waals surface area contributed by atoms with E-state index in [9.17, 15) is 4.79 Å². The first-order valence-corrected chi connectivity index (χ1v) is 9.90. The Morgan fingerprint density at radius 3 is 2.62 bits per heavy atom. The minimum atomic E-state index is 0.0713. The molecular formula is C21H25NOS. The molecule has 126 valence electrons. The van der Waals surface area contributed by atoms with E-state index in [-0.39, 0.29) is 11.9 Å². The van der Waals surface area contributed by atoms with Crippen LogP contribution < -0.4 is 5.32 Å². The lowest BCUT2D eigenvalue weighted by Gasteiger charge is -2.20. The number of hydrogen-bond donors (Lipinski definition) is 1. The number of benzene rings is 2. The molecule has 0 aromatic heterocycles. The molecule has 0 radical (unpaired) electrons. The Kier molecular flexibility index (Phi) is 5.97. The van der Waals surface area contributed by atoms with Gasteiger partial charge in [0, 0.05) is 5.75 Å². The zero-order valence-corrected chi connectivity index (χ0v) is 15.1. The summed E-state index contributed by atoms with van der Waals surface area (Å²) in [6.45, 7) is 2.07. The van der Waals surface area contributed by atoms with Crippen LogP contribution in [0, 0.1) is 0 Å². The maximum atomic E-state index is 12.2. The van der Waals surface area contributed by atoms with E-state index in [4.69, 9.17) is 0 Å². The molecule has 0 spiro atoms. The summed E-state index contributed by atoms with van der Waals surface area (Å²) in [5, 5.41) is 3.13. The summed E-state index contributed by atoms with van der Waals surface area (Å²) in [4.78, 5) is 12.2. The number of nitrogens with one attached hydrogen (secondary N) is 1. The van der Waals surface area contributed by atoms with Gasteiger partial charge >= 0.3 is 0 Å². The molecular weight excluding hydrogens is 314 g/mol. The van der Waals surface area contributed by atoms with E-state index in [1.807, 2.05) is 18.2 Å². The number of hydrogen-bond acceptors (Lipinski definition) is 2. The van der Waals surface area contributed by atoms with Gasteiger partial charge < -0.3 is 5.32 Å². The van der Waals surface area contributed by atoms with E-state index in [1.165, 1.54) is 47.9 Å². The molecule has 2 nitrogen and oxygen atoms in total. The van der Waals surface area contributed by atoms with E-state index in [0.717, 1.165) is 5.75 Å². The third-order valence-electron chi connectivity index (χ3n) is 4.59. The number of aryl methyl sites for hydroxylation is 2. The molecule has 0 bridgehead atoms. The van der Waals surface area contributed by atoms with E-state index < -0.39 is 0 Å².